The predicted molar refractivity (Wildman–Crippen MR) is 239 cm³/mol. The number of furan rings is 1. The van der Waals surface area contributed by atoms with Crippen LogP contribution in [0.5, 0.6) is 0 Å². The summed E-state index contributed by atoms with van der Waals surface area (Å²) in [6.45, 7) is 0. The molecule has 0 saturated carbocycles. The maximum Gasteiger partial charge on any atom is 0.135 e. The van der Waals surface area contributed by atoms with Gasteiger partial charge in [0.25, 0.3) is 0 Å². The first kappa shape index (κ1) is 31.7. The summed E-state index contributed by atoms with van der Waals surface area (Å²) in [5.74, 6) is 0. The molecule has 9 aromatic carbocycles. The lowest BCUT2D eigenvalue weighted by atomic mass is 9.98. The monoisotopic (exact) mass is 726 g/mol. The summed E-state index contributed by atoms with van der Waals surface area (Å²) < 4.78 is 8.55. The Labute approximate surface area is 329 Å². The zero-order chi connectivity index (χ0) is 37.5. The molecule has 0 radical (unpaired) electrons. The van der Waals surface area contributed by atoms with Gasteiger partial charge in [0, 0.05) is 49.4 Å². The minimum Gasteiger partial charge on any atom is -0.456 e. The van der Waals surface area contributed by atoms with Crippen molar-refractivity contribution in [1.29, 1.82) is 0 Å². The summed E-state index contributed by atoms with van der Waals surface area (Å²) >= 11 is 0. The Balaban J connectivity index is 0.955. The highest BCUT2D eigenvalue weighted by molar-refractivity contribution is 6.24. The van der Waals surface area contributed by atoms with Crippen molar-refractivity contribution in [2.75, 3.05) is 4.90 Å². The van der Waals surface area contributed by atoms with Gasteiger partial charge in [0.2, 0.25) is 0 Å². The molecule has 3 nitrogen and oxygen atoms in total. The fourth-order valence-corrected chi connectivity index (χ4v) is 9.01. The standard InChI is InChI=1S/C54H34N2O/c1-2-10-35(11-3-1)36-18-25-41(26-19-36)55(42-27-20-37(21-28-42)39-24-31-53-47(32-39)46-14-6-9-17-52(46)57-53)43-29-22-38(23-30-43)40-33-48-44-12-4-7-15-50(44)56-51-16-8-5-13-45(51)49(34-40)54(48)56/h1-34H. The Morgan fingerprint density at radius 2 is 0.719 bits per heavy atom. The summed E-state index contributed by atoms with van der Waals surface area (Å²) in [5.41, 5.74) is 16.0. The van der Waals surface area contributed by atoms with E-state index >= 15 is 0 Å². The van der Waals surface area contributed by atoms with E-state index in [1.165, 1.54) is 60.3 Å². The number of hydrogen-bond donors (Lipinski definition) is 0. The van der Waals surface area contributed by atoms with E-state index in [1.54, 1.807) is 0 Å². The molecular weight excluding hydrogens is 693 g/mol. The lowest BCUT2D eigenvalue weighted by Crippen LogP contribution is -2.09. The molecule has 12 aromatic rings. The summed E-state index contributed by atoms with van der Waals surface area (Å²) in [7, 11) is 0. The van der Waals surface area contributed by atoms with Gasteiger partial charge in [-0.1, -0.05) is 127 Å². The van der Waals surface area contributed by atoms with Crippen LogP contribution in [0.4, 0.5) is 17.1 Å². The highest BCUT2D eigenvalue weighted by Crippen LogP contribution is 2.43. The van der Waals surface area contributed by atoms with Crippen molar-refractivity contribution in [1.82, 2.24) is 4.40 Å². The molecule has 0 N–H and O–H groups in total. The van der Waals surface area contributed by atoms with Gasteiger partial charge in [0.1, 0.15) is 11.2 Å². The molecule has 0 amide bonds. The van der Waals surface area contributed by atoms with Gasteiger partial charge in [0.05, 0.1) is 16.6 Å². The quantitative estimate of drug-likeness (QED) is 0.170. The number of benzene rings is 9. The normalized spacial score (nSPS) is 11.9. The van der Waals surface area contributed by atoms with Crippen molar-refractivity contribution in [3.63, 3.8) is 0 Å². The van der Waals surface area contributed by atoms with Gasteiger partial charge in [-0.3, -0.25) is 0 Å². The first-order chi connectivity index (χ1) is 28.2. The summed E-state index contributed by atoms with van der Waals surface area (Å²) in [6, 6.07) is 74.5. The number of para-hydroxylation sites is 3. The Morgan fingerprint density at radius 1 is 0.298 bits per heavy atom. The fourth-order valence-electron chi connectivity index (χ4n) is 9.01. The average molecular weight is 727 g/mol. The number of aromatic nitrogens is 1. The lowest BCUT2D eigenvalue weighted by Gasteiger charge is -2.26. The molecule has 0 fully saturated rings. The fraction of sp³-hybridized carbons (Fsp3) is 0. The van der Waals surface area contributed by atoms with Gasteiger partial charge >= 0.3 is 0 Å². The number of hydrogen-bond acceptors (Lipinski definition) is 2. The zero-order valence-electron chi connectivity index (χ0n) is 30.9. The van der Waals surface area contributed by atoms with Crippen LogP contribution in [0.25, 0.3) is 93.4 Å². The van der Waals surface area contributed by atoms with E-state index in [0.717, 1.165) is 50.1 Å². The van der Waals surface area contributed by atoms with Crippen LogP contribution in [0.3, 0.4) is 0 Å². The molecule has 3 heteroatoms. The molecule has 12 rings (SSSR count). The molecule has 266 valence electrons. The van der Waals surface area contributed by atoms with Crippen LogP contribution in [-0.4, -0.2) is 4.40 Å². The molecule has 0 saturated heterocycles. The molecule has 0 atom stereocenters. The summed E-state index contributed by atoms with van der Waals surface area (Å²) in [5, 5.41) is 7.43. The van der Waals surface area contributed by atoms with Gasteiger partial charge in [-0.2, -0.15) is 0 Å². The predicted octanol–water partition coefficient (Wildman–Crippen LogP) is 15.2. The third-order valence-electron chi connectivity index (χ3n) is 11.7. The number of anilines is 3. The molecule has 57 heavy (non-hydrogen) atoms. The van der Waals surface area contributed by atoms with Crippen LogP contribution in [0, 0.1) is 0 Å². The third kappa shape index (κ3) is 4.99. The Bertz CT molecular complexity index is 3350. The summed E-state index contributed by atoms with van der Waals surface area (Å²) in [6.07, 6.45) is 0. The highest BCUT2D eigenvalue weighted by atomic mass is 16.3. The molecule has 0 bridgehead atoms. The van der Waals surface area contributed by atoms with E-state index in [0.29, 0.717) is 0 Å². The summed E-state index contributed by atoms with van der Waals surface area (Å²) in [4.78, 5) is 2.35. The van der Waals surface area contributed by atoms with Crippen LogP contribution in [-0.2, 0) is 0 Å². The van der Waals surface area contributed by atoms with Crippen LogP contribution >= 0.6 is 0 Å². The van der Waals surface area contributed by atoms with Crippen molar-refractivity contribution in [3.8, 4) is 33.4 Å². The van der Waals surface area contributed by atoms with Crippen LogP contribution in [0.2, 0.25) is 0 Å². The largest absolute Gasteiger partial charge is 0.456 e. The molecule has 0 aliphatic heterocycles. The average Bonchev–Trinajstić information content (AvgIpc) is 3.94. The third-order valence-corrected chi connectivity index (χ3v) is 11.7. The molecule has 0 aliphatic rings. The lowest BCUT2D eigenvalue weighted by molar-refractivity contribution is 0.669. The Morgan fingerprint density at radius 3 is 1.32 bits per heavy atom. The van der Waals surface area contributed by atoms with Crippen LogP contribution in [0.15, 0.2) is 211 Å². The minimum absolute atomic E-state index is 0.908. The minimum atomic E-state index is 0.908. The second kappa shape index (κ2) is 12.5. The van der Waals surface area contributed by atoms with E-state index in [2.05, 4.69) is 203 Å². The maximum atomic E-state index is 6.12. The van der Waals surface area contributed by atoms with Crippen LogP contribution in [0.1, 0.15) is 0 Å². The van der Waals surface area contributed by atoms with Gasteiger partial charge in [-0.15, -0.1) is 0 Å². The number of rotatable bonds is 6. The number of nitrogens with zero attached hydrogens (tertiary/aromatic N) is 2. The second-order valence-corrected chi connectivity index (χ2v) is 14.9. The van der Waals surface area contributed by atoms with E-state index < -0.39 is 0 Å². The van der Waals surface area contributed by atoms with Gasteiger partial charge < -0.3 is 13.7 Å². The van der Waals surface area contributed by atoms with E-state index in [1.807, 2.05) is 12.1 Å². The molecule has 0 spiro atoms. The van der Waals surface area contributed by atoms with Crippen molar-refractivity contribution >= 4 is 77.1 Å². The van der Waals surface area contributed by atoms with Crippen molar-refractivity contribution < 1.29 is 4.42 Å². The van der Waals surface area contributed by atoms with Gasteiger partial charge in [-0.25, -0.2) is 0 Å². The van der Waals surface area contributed by atoms with E-state index in [4.69, 9.17) is 4.42 Å². The number of fused-ring (bicyclic) bond motifs is 9. The maximum absolute atomic E-state index is 6.12. The van der Waals surface area contributed by atoms with Crippen molar-refractivity contribution in [3.05, 3.63) is 206 Å². The van der Waals surface area contributed by atoms with Gasteiger partial charge in [-0.05, 0) is 112 Å². The SMILES string of the molecule is c1ccc(-c2ccc(N(c3ccc(-c4ccc5oc6ccccc6c5c4)cc3)c3ccc(-c4cc5c6ccccc6n6c7ccccc7c(c4)c56)cc3)cc2)cc1. The molecular formula is C54H34N2O. The molecule has 3 heterocycles. The van der Waals surface area contributed by atoms with E-state index in [-0.39, 0.29) is 0 Å². The Hall–Kier alpha value is -7.62. The second-order valence-electron chi connectivity index (χ2n) is 14.9. The highest BCUT2D eigenvalue weighted by Gasteiger charge is 2.19. The smallest absolute Gasteiger partial charge is 0.135 e. The van der Waals surface area contributed by atoms with Gasteiger partial charge in [0.15, 0.2) is 0 Å². The first-order valence-corrected chi connectivity index (χ1v) is 19.5. The molecule has 0 aliphatic carbocycles. The van der Waals surface area contributed by atoms with Crippen molar-refractivity contribution in [2.24, 2.45) is 0 Å². The molecule has 0 unspecified atom stereocenters. The topological polar surface area (TPSA) is 20.8 Å². The van der Waals surface area contributed by atoms with Crippen molar-refractivity contribution in [2.45, 2.75) is 0 Å². The Kier molecular flexibility index (Phi) is 6.93. The van der Waals surface area contributed by atoms with E-state index in [9.17, 15) is 0 Å². The zero-order valence-corrected chi connectivity index (χ0v) is 30.9. The van der Waals surface area contributed by atoms with Crippen LogP contribution < -0.4 is 4.90 Å². The first-order valence-electron chi connectivity index (χ1n) is 19.5. The molecule has 3 aromatic heterocycles.